The summed E-state index contributed by atoms with van der Waals surface area (Å²) < 4.78 is 0. The van der Waals surface area contributed by atoms with Crippen LogP contribution in [0.5, 0.6) is 0 Å². The summed E-state index contributed by atoms with van der Waals surface area (Å²) in [7, 11) is 0. The van der Waals surface area contributed by atoms with Crippen LogP contribution in [0.1, 0.15) is 12.2 Å². The molecule has 0 bridgehead atoms. The van der Waals surface area contributed by atoms with Crippen LogP contribution >= 0.6 is 0 Å². The van der Waals surface area contributed by atoms with Crippen molar-refractivity contribution in [2.75, 3.05) is 0 Å². The number of hydrogen-bond donors (Lipinski definition) is 3. The van der Waals surface area contributed by atoms with Gasteiger partial charge in [-0.15, -0.1) is 0 Å². The second-order valence-corrected chi connectivity index (χ2v) is 2.98. The number of nitrogens with one attached hydrogen (secondary N) is 3. The zero-order valence-corrected chi connectivity index (χ0v) is 7.28. The van der Waals surface area contributed by atoms with Gasteiger partial charge in [0.2, 0.25) is 11.8 Å². The number of carbonyl (C=O) groups excluding carboxylic acids is 2. The lowest BCUT2D eigenvalue weighted by Gasteiger charge is -2.05. The van der Waals surface area contributed by atoms with E-state index in [1.165, 1.54) is 6.33 Å². The molecule has 1 aliphatic heterocycles. The van der Waals surface area contributed by atoms with Gasteiger partial charge in [0.25, 0.3) is 0 Å². The molecule has 0 aromatic carbocycles. The van der Waals surface area contributed by atoms with Gasteiger partial charge in [-0.1, -0.05) is 0 Å². The molecule has 7 nitrogen and oxygen atoms in total. The number of aromatic nitrogens is 3. The van der Waals surface area contributed by atoms with Crippen molar-refractivity contribution in [3.63, 3.8) is 0 Å². The fourth-order valence-electron chi connectivity index (χ4n) is 1.25. The van der Waals surface area contributed by atoms with E-state index in [2.05, 4.69) is 25.8 Å². The smallest absolute Gasteiger partial charge is 0.244 e. The Labute approximate surface area is 79.3 Å². The Morgan fingerprint density at radius 2 is 2.43 bits per heavy atom. The summed E-state index contributed by atoms with van der Waals surface area (Å²) in [5.41, 5.74) is 0. The molecular formula is C7H9N5O2. The molecule has 1 aromatic heterocycles. The van der Waals surface area contributed by atoms with Gasteiger partial charge in [0.1, 0.15) is 12.2 Å². The minimum atomic E-state index is -0.451. The zero-order valence-electron chi connectivity index (χ0n) is 7.28. The first-order chi connectivity index (χ1) is 6.75. The molecule has 7 heteroatoms. The summed E-state index contributed by atoms with van der Waals surface area (Å²) in [6.07, 6.45) is 1.57. The summed E-state index contributed by atoms with van der Waals surface area (Å²) in [6, 6.07) is -0.451. The van der Waals surface area contributed by atoms with Gasteiger partial charge < -0.3 is 0 Å². The Bertz CT molecular complexity index is 347. The Balaban J connectivity index is 1.87. The minimum Gasteiger partial charge on any atom is -0.298 e. The summed E-state index contributed by atoms with van der Waals surface area (Å²) in [5.74, 6) is 0.108. The van der Waals surface area contributed by atoms with E-state index in [4.69, 9.17) is 0 Å². The third-order valence-corrected chi connectivity index (χ3v) is 1.95. The second kappa shape index (κ2) is 3.54. The molecule has 3 N–H and O–H groups in total. The van der Waals surface area contributed by atoms with Crippen molar-refractivity contribution in [2.24, 2.45) is 0 Å². The summed E-state index contributed by atoms with van der Waals surface area (Å²) in [5, 5.41) is 11.4. The molecule has 0 radical (unpaired) electrons. The number of hydrogen-bond acceptors (Lipinski definition) is 5. The molecule has 74 valence electrons. The molecule has 0 saturated carbocycles. The van der Waals surface area contributed by atoms with E-state index in [9.17, 15) is 9.59 Å². The number of aromatic amines is 1. The lowest BCUT2D eigenvalue weighted by Crippen LogP contribution is -2.36. The predicted molar refractivity (Wildman–Crippen MR) is 44.8 cm³/mol. The van der Waals surface area contributed by atoms with Crippen LogP contribution < -0.4 is 10.6 Å². The van der Waals surface area contributed by atoms with Gasteiger partial charge in [0.15, 0.2) is 0 Å². The van der Waals surface area contributed by atoms with E-state index in [-0.39, 0.29) is 18.2 Å². The van der Waals surface area contributed by atoms with E-state index in [0.29, 0.717) is 12.4 Å². The monoisotopic (exact) mass is 195 g/mol. The normalized spacial score (nSPS) is 21.3. The first-order valence-electron chi connectivity index (χ1n) is 4.17. The third kappa shape index (κ3) is 1.77. The maximum Gasteiger partial charge on any atom is 0.244 e. The highest BCUT2D eigenvalue weighted by Gasteiger charge is 2.29. The van der Waals surface area contributed by atoms with Crippen molar-refractivity contribution in [2.45, 2.75) is 19.0 Å². The van der Waals surface area contributed by atoms with Crippen LogP contribution in [0.4, 0.5) is 0 Å². The van der Waals surface area contributed by atoms with Crippen molar-refractivity contribution in [1.82, 2.24) is 25.8 Å². The Hall–Kier alpha value is -1.76. The number of carbonyl (C=O) groups is 2. The molecule has 1 aliphatic rings. The fraction of sp³-hybridized carbons (Fsp3) is 0.429. The largest absolute Gasteiger partial charge is 0.298 e. The average molecular weight is 195 g/mol. The second-order valence-electron chi connectivity index (χ2n) is 2.98. The molecule has 1 aromatic rings. The van der Waals surface area contributed by atoms with Gasteiger partial charge in [0.05, 0.1) is 19.0 Å². The van der Waals surface area contributed by atoms with Crippen LogP contribution in [0.2, 0.25) is 0 Å². The van der Waals surface area contributed by atoms with Crippen LogP contribution in [0.25, 0.3) is 0 Å². The molecule has 1 fully saturated rings. The molecule has 1 unspecified atom stereocenters. The van der Waals surface area contributed by atoms with Crippen LogP contribution in [0, 0.1) is 0 Å². The number of rotatable bonds is 3. The maximum absolute atomic E-state index is 11.1. The average Bonchev–Trinajstić information content (AvgIpc) is 2.72. The Morgan fingerprint density at radius 3 is 3.00 bits per heavy atom. The van der Waals surface area contributed by atoms with Crippen molar-refractivity contribution < 1.29 is 9.59 Å². The van der Waals surface area contributed by atoms with E-state index < -0.39 is 6.04 Å². The van der Waals surface area contributed by atoms with Gasteiger partial charge in [-0.3, -0.25) is 25.3 Å². The number of amides is 2. The van der Waals surface area contributed by atoms with Gasteiger partial charge in [0, 0.05) is 0 Å². The van der Waals surface area contributed by atoms with Crippen LogP contribution in [0.15, 0.2) is 6.33 Å². The standard InChI is InChI=1S/C7H9N5O2/c13-6-1-4(7(14)11-6)8-2-5-9-3-10-12-5/h3-4,8H,1-2H2,(H,9,10,12)(H,11,13,14). The van der Waals surface area contributed by atoms with Crippen LogP contribution in [0.3, 0.4) is 0 Å². The number of imide groups is 1. The molecule has 2 heterocycles. The summed E-state index contributed by atoms with van der Waals surface area (Å²) in [4.78, 5) is 25.8. The van der Waals surface area contributed by atoms with Crippen molar-refractivity contribution in [3.05, 3.63) is 12.2 Å². The SMILES string of the molecule is O=C1CC(NCc2ncn[nH]2)C(=O)N1. The quantitative estimate of drug-likeness (QED) is 0.500. The van der Waals surface area contributed by atoms with Crippen molar-refractivity contribution in [1.29, 1.82) is 0 Å². The molecule has 0 spiro atoms. The maximum atomic E-state index is 11.1. The lowest BCUT2D eigenvalue weighted by molar-refractivity contribution is -0.125. The lowest BCUT2D eigenvalue weighted by atomic mass is 10.2. The zero-order chi connectivity index (χ0) is 9.97. The van der Waals surface area contributed by atoms with Gasteiger partial charge in [-0.2, -0.15) is 5.10 Å². The summed E-state index contributed by atoms with van der Waals surface area (Å²) in [6.45, 7) is 0.394. The first-order valence-corrected chi connectivity index (χ1v) is 4.17. The summed E-state index contributed by atoms with van der Waals surface area (Å²) >= 11 is 0. The molecule has 1 atom stereocenters. The highest BCUT2D eigenvalue weighted by molar-refractivity contribution is 6.05. The highest BCUT2D eigenvalue weighted by Crippen LogP contribution is 2.01. The van der Waals surface area contributed by atoms with Gasteiger partial charge in [-0.05, 0) is 0 Å². The van der Waals surface area contributed by atoms with E-state index in [0.717, 1.165) is 0 Å². The molecule has 1 saturated heterocycles. The van der Waals surface area contributed by atoms with Crippen molar-refractivity contribution in [3.8, 4) is 0 Å². The van der Waals surface area contributed by atoms with E-state index in [1.807, 2.05) is 0 Å². The Morgan fingerprint density at radius 1 is 1.57 bits per heavy atom. The minimum absolute atomic E-state index is 0.187. The van der Waals surface area contributed by atoms with Gasteiger partial charge in [-0.25, -0.2) is 4.98 Å². The Kier molecular flexibility index (Phi) is 2.23. The molecule has 2 rings (SSSR count). The van der Waals surface area contributed by atoms with Crippen LogP contribution in [-0.4, -0.2) is 33.0 Å². The third-order valence-electron chi connectivity index (χ3n) is 1.95. The number of nitrogens with zero attached hydrogens (tertiary/aromatic N) is 2. The highest BCUT2D eigenvalue weighted by atomic mass is 16.2. The predicted octanol–water partition coefficient (Wildman–Crippen LogP) is -1.69. The number of H-pyrrole nitrogens is 1. The molecule has 0 aliphatic carbocycles. The van der Waals surface area contributed by atoms with Gasteiger partial charge >= 0.3 is 0 Å². The van der Waals surface area contributed by atoms with E-state index in [1.54, 1.807) is 0 Å². The van der Waals surface area contributed by atoms with Crippen LogP contribution in [-0.2, 0) is 16.1 Å². The molecule has 2 amide bonds. The fourth-order valence-corrected chi connectivity index (χ4v) is 1.25. The van der Waals surface area contributed by atoms with E-state index >= 15 is 0 Å². The molecular weight excluding hydrogens is 186 g/mol. The molecule has 14 heavy (non-hydrogen) atoms. The topological polar surface area (TPSA) is 99.8 Å². The van der Waals surface area contributed by atoms with Crippen molar-refractivity contribution >= 4 is 11.8 Å². The first kappa shape index (κ1) is 8.82.